The van der Waals surface area contributed by atoms with E-state index in [9.17, 15) is 5.26 Å². The number of aryl methyl sites for hydroxylation is 1. The highest BCUT2D eigenvalue weighted by Crippen LogP contribution is 2.27. The second kappa shape index (κ2) is 9.64. The van der Waals surface area contributed by atoms with E-state index in [1.165, 1.54) is 5.56 Å². The van der Waals surface area contributed by atoms with Crippen molar-refractivity contribution < 1.29 is 9.47 Å². The zero-order valence-corrected chi connectivity index (χ0v) is 16.3. The van der Waals surface area contributed by atoms with Gasteiger partial charge in [-0.25, -0.2) is 0 Å². The molecule has 0 aliphatic rings. The standard InChI is InChI=1S/C24H20ClNO2/c1-18-7-10-23(11-8-18)27-13-14-28-24-12-9-22(25)16-20(24)15-21(17-26)19-5-3-2-4-6-19/h2-12,15-16H,13-14H2,1H3. The van der Waals surface area contributed by atoms with Gasteiger partial charge >= 0.3 is 0 Å². The molecule has 0 amide bonds. The van der Waals surface area contributed by atoms with Crippen LogP contribution in [0.1, 0.15) is 16.7 Å². The van der Waals surface area contributed by atoms with E-state index in [1.54, 1.807) is 24.3 Å². The number of halogens is 1. The number of nitriles is 1. The number of hydrogen-bond donors (Lipinski definition) is 0. The van der Waals surface area contributed by atoms with Crippen LogP contribution in [0.5, 0.6) is 11.5 Å². The van der Waals surface area contributed by atoms with Gasteiger partial charge in [-0.15, -0.1) is 0 Å². The van der Waals surface area contributed by atoms with Crippen LogP contribution < -0.4 is 9.47 Å². The summed E-state index contributed by atoms with van der Waals surface area (Å²) in [5, 5.41) is 10.1. The Hall–Kier alpha value is -3.22. The second-order valence-electron chi connectivity index (χ2n) is 6.23. The Morgan fingerprint density at radius 2 is 1.68 bits per heavy atom. The average Bonchev–Trinajstić information content (AvgIpc) is 2.72. The van der Waals surface area contributed by atoms with Crippen LogP contribution in [0.15, 0.2) is 72.8 Å². The summed E-state index contributed by atoms with van der Waals surface area (Å²) in [5.74, 6) is 1.46. The molecule has 0 saturated carbocycles. The van der Waals surface area contributed by atoms with Gasteiger partial charge < -0.3 is 9.47 Å². The zero-order valence-electron chi connectivity index (χ0n) is 15.6. The predicted octanol–water partition coefficient (Wildman–Crippen LogP) is 6.17. The number of hydrogen-bond acceptors (Lipinski definition) is 3. The molecule has 0 N–H and O–H groups in total. The SMILES string of the molecule is Cc1ccc(OCCOc2ccc(Cl)cc2C=C(C#N)c2ccccc2)cc1. The predicted molar refractivity (Wildman–Crippen MR) is 114 cm³/mol. The van der Waals surface area contributed by atoms with Gasteiger partial charge in [-0.1, -0.05) is 59.6 Å². The highest BCUT2D eigenvalue weighted by atomic mass is 35.5. The minimum atomic E-state index is 0.379. The molecule has 0 unspecified atom stereocenters. The number of ether oxygens (including phenoxy) is 2. The molecule has 0 spiro atoms. The van der Waals surface area contributed by atoms with Crippen molar-refractivity contribution in [2.45, 2.75) is 6.92 Å². The Labute approximate surface area is 170 Å². The van der Waals surface area contributed by atoms with Gasteiger partial charge in [-0.2, -0.15) is 5.26 Å². The monoisotopic (exact) mass is 389 g/mol. The fourth-order valence-electron chi connectivity index (χ4n) is 2.66. The Morgan fingerprint density at radius 1 is 0.964 bits per heavy atom. The maximum atomic E-state index is 9.55. The lowest BCUT2D eigenvalue weighted by atomic mass is 10.0. The van der Waals surface area contributed by atoms with Crippen molar-refractivity contribution in [3.05, 3.63) is 94.5 Å². The molecule has 0 radical (unpaired) electrons. The Bertz CT molecular complexity index is 989. The lowest BCUT2D eigenvalue weighted by Crippen LogP contribution is -2.09. The smallest absolute Gasteiger partial charge is 0.126 e. The summed E-state index contributed by atoms with van der Waals surface area (Å²) in [6, 6.07) is 25.0. The summed E-state index contributed by atoms with van der Waals surface area (Å²) in [6.07, 6.45) is 1.79. The van der Waals surface area contributed by atoms with Crippen LogP contribution in [0.3, 0.4) is 0 Å². The van der Waals surface area contributed by atoms with Gasteiger partial charge in [0.1, 0.15) is 24.7 Å². The topological polar surface area (TPSA) is 42.2 Å². The molecule has 140 valence electrons. The molecular weight excluding hydrogens is 370 g/mol. The van der Waals surface area contributed by atoms with Gasteiger partial charge in [0.2, 0.25) is 0 Å². The molecule has 0 aromatic heterocycles. The molecule has 4 heteroatoms. The number of allylic oxidation sites excluding steroid dienone is 1. The number of benzene rings is 3. The minimum absolute atomic E-state index is 0.379. The maximum absolute atomic E-state index is 9.55. The minimum Gasteiger partial charge on any atom is -0.490 e. The molecule has 0 aliphatic carbocycles. The summed E-state index contributed by atoms with van der Waals surface area (Å²) < 4.78 is 11.6. The average molecular weight is 390 g/mol. The molecule has 3 aromatic carbocycles. The van der Waals surface area contributed by atoms with E-state index < -0.39 is 0 Å². The van der Waals surface area contributed by atoms with E-state index in [0.717, 1.165) is 16.9 Å². The van der Waals surface area contributed by atoms with Crippen LogP contribution in [0.2, 0.25) is 5.02 Å². The van der Waals surface area contributed by atoms with Crippen molar-refractivity contribution in [3.63, 3.8) is 0 Å². The van der Waals surface area contributed by atoms with Crippen LogP contribution >= 0.6 is 11.6 Å². The van der Waals surface area contributed by atoms with Crippen molar-refractivity contribution in [2.75, 3.05) is 13.2 Å². The molecule has 3 rings (SSSR count). The number of rotatable bonds is 7. The molecule has 0 bridgehead atoms. The third kappa shape index (κ3) is 5.39. The van der Waals surface area contributed by atoms with E-state index in [-0.39, 0.29) is 0 Å². The lowest BCUT2D eigenvalue weighted by molar-refractivity contribution is 0.217. The summed E-state index contributed by atoms with van der Waals surface area (Å²) in [6.45, 7) is 2.83. The van der Waals surface area contributed by atoms with E-state index in [2.05, 4.69) is 6.07 Å². The van der Waals surface area contributed by atoms with Crippen molar-refractivity contribution >= 4 is 23.3 Å². The lowest BCUT2D eigenvalue weighted by Gasteiger charge is -2.11. The molecule has 3 aromatic rings. The molecule has 3 nitrogen and oxygen atoms in total. The second-order valence-corrected chi connectivity index (χ2v) is 6.66. The Morgan fingerprint density at radius 3 is 2.39 bits per heavy atom. The van der Waals surface area contributed by atoms with Gasteiger partial charge in [-0.05, 0) is 48.9 Å². The van der Waals surface area contributed by atoms with E-state index in [4.69, 9.17) is 21.1 Å². The molecule has 0 saturated heterocycles. The van der Waals surface area contributed by atoms with Crippen LogP contribution in [-0.2, 0) is 0 Å². The van der Waals surface area contributed by atoms with E-state index in [1.807, 2.05) is 61.5 Å². The first-order chi connectivity index (χ1) is 13.7. The van der Waals surface area contributed by atoms with E-state index >= 15 is 0 Å². The highest BCUT2D eigenvalue weighted by molar-refractivity contribution is 6.30. The highest BCUT2D eigenvalue weighted by Gasteiger charge is 2.07. The van der Waals surface area contributed by atoms with Gasteiger partial charge in [0.25, 0.3) is 0 Å². The van der Waals surface area contributed by atoms with Gasteiger partial charge in [0, 0.05) is 10.6 Å². The van der Waals surface area contributed by atoms with Crippen LogP contribution in [-0.4, -0.2) is 13.2 Å². The summed E-state index contributed by atoms with van der Waals surface area (Å²) in [5.41, 5.74) is 3.33. The van der Waals surface area contributed by atoms with Gasteiger partial charge in [0.05, 0.1) is 11.6 Å². The molecule has 0 heterocycles. The summed E-state index contributed by atoms with van der Waals surface area (Å²) in [7, 11) is 0. The van der Waals surface area contributed by atoms with Crippen molar-refractivity contribution in [2.24, 2.45) is 0 Å². The van der Waals surface area contributed by atoms with Crippen LogP contribution in [0, 0.1) is 18.3 Å². The molecular formula is C24H20ClNO2. The van der Waals surface area contributed by atoms with E-state index in [0.29, 0.717) is 29.6 Å². The largest absolute Gasteiger partial charge is 0.490 e. The number of nitrogens with zero attached hydrogens (tertiary/aromatic N) is 1. The Kier molecular flexibility index (Phi) is 6.73. The van der Waals surface area contributed by atoms with Crippen LogP contribution in [0.4, 0.5) is 0 Å². The summed E-state index contributed by atoms with van der Waals surface area (Å²) >= 11 is 6.15. The first kappa shape index (κ1) is 19.5. The van der Waals surface area contributed by atoms with Crippen molar-refractivity contribution in [1.29, 1.82) is 5.26 Å². The third-order valence-corrected chi connectivity index (χ3v) is 4.34. The quantitative estimate of drug-likeness (QED) is 0.275. The Balaban J connectivity index is 1.71. The summed E-state index contributed by atoms with van der Waals surface area (Å²) in [4.78, 5) is 0. The molecule has 0 aliphatic heterocycles. The first-order valence-electron chi connectivity index (χ1n) is 8.95. The first-order valence-corrected chi connectivity index (χ1v) is 9.32. The van der Waals surface area contributed by atoms with Crippen molar-refractivity contribution in [3.8, 4) is 17.6 Å². The van der Waals surface area contributed by atoms with Gasteiger partial charge in [0.15, 0.2) is 0 Å². The molecule has 0 fully saturated rings. The zero-order chi connectivity index (χ0) is 19.8. The fourth-order valence-corrected chi connectivity index (χ4v) is 2.84. The van der Waals surface area contributed by atoms with Crippen LogP contribution in [0.25, 0.3) is 11.6 Å². The maximum Gasteiger partial charge on any atom is 0.126 e. The van der Waals surface area contributed by atoms with Gasteiger partial charge in [-0.3, -0.25) is 0 Å². The molecule has 0 atom stereocenters. The fraction of sp³-hybridized carbons (Fsp3) is 0.125. The molecule has 28 heavy (non-hydrogen) atoms. The van der Waals surface area contributed by atoms with Crippen molar-refractivity contribution in [1.82, 2.24) is 0 Å². The normalized spacial score (nSPS) is 11.0. The third-order valence-electron chi connectivity index (χ3n) is 4.11.